The van der Waals surface area contributed by atoms with Crippen molar-refractivity contribution in [3.8, 4) is 11.5 Å². The summed E-state index contributed by atoms with van der Waals surface area (Å²) in [6.45, 7) is 3.13. The normalized spacial score (nSPS) is 24.1. The Morgan fingerprint density at radius 3 is 2.87 bits per heavy atom. The van der Waals surface area contributed by atoms with E-state index in [9.17, 15) is 22.8 Å². The molecule has 0 aliphatic carbocycles. The van der Waals surface area contributed by atoms with Gasteiger partial charge in [0.2, 0.25) is 0 Å². The number of carbonyl (C=O) groups excluding carboxylic acids is 2. The van der Waals surface area contributed by atoms with Crippen LogP contribution in [0.2, 0.25) is 0 Å². The molecule has 0 aromatic heterocycles. The van der Waals surface area contributed by atoms with Crippen molar-refractivity contribution < 1.29 is 46.4 Å². The van der Waals surface area contributed by atoms with E-state index in [1.165, 1.54) is 18.2 Å². The summed E-state index contributed by atoms with van der Waals surface area (Å²) in [6, 6.07) is 3.96. The fraction of sp³-hybridized carbons (Fsp3) is 0.368. The van der Waals surface area contributed by atoms with E-state index in [0.29, 0.717) is 11.4 Å². The zero-order chi connectivity index (χ0) is 21.6. The van der Waals surface area contributed by atoms with Gasteiger partial charge in [0.15, 0.2) is 11.5 Å². The molecule has 1 aromatic rings. The minimum Gasteiger partial charge on any atom is -0.456 e. The molecule has 1 aromatic carbocycles. The quantitative estimate of drug-likeness (QED) is 0.735. The highest BCUT2D eigenvalue weighted by atomic mass is 19.3. The summed E-state index contributed by atoms with van der Waals surface area (Å²) in [5, 5.41) is 2.92. The maximum Gasteiger partial charge on any atom is 0.513 e. The number of cyclic esters (lactones) is 1. The number of esters is 1. The van der Waals surface area contributed by atoms with Crippen molar-refractivity contribution in [2.24, 2.45) is 0 Å². The lowest BCUT2D eigenvalue weighted by molar-refractivity contribution is -0.281. The van der Waals surface area contributed by atoms with Gasteiger partial charge < -0.3 is 29.0 Å². The first-order valence-corrected chi connectivity index (χ1v) is 8.96. The largest absolute Gasteiger partial charge is 0.513 e. The van der Waals surface area contributed by atoms with Crippen LogP contribution < -0.4 is 14.8 Å². The van der Waals surface area contributed by atoms with E-state index < -0.39 is 36.3 Å². The van der Waals surface area contributed by atoms with E-state index in [1.807, 2.05) is 0 Å². The van der Waals surface area contributed by atoms with Gasteiger partial charge in [-0.05, 0) is 19.9 Å². The molecule has 30 heavy (non-hydrogen) atoms. The van der Waals surface area contributed by atoms with Gasteiger partial charge in [-0.2, -0.15) is 13.2 Å². The molecule has 0 radical (unpaired) electrons. The maximum atomic E-state index is 13.9. The van der Waals surface area contributed by atoms with E-state index in [1.54, 1.807) is 13.8 Å². The number of allylic oxidation sites excluding steroid dienone is 2. The molecule has 2 unspecified atom stereocenters. The Morgan fingerprint density at radius 2 is 2.13 bits per heavy atom. The van der Waals surface area contributed by atoms with Gasteiger partial charge in [0.25, 0.3) is 0 Å². The maximum absolute atomic E-state index is 13.9. The third-order valence-electron chi connectivity index (χ3n) is 4.66. The molecular weight excluding hydrogens is 411 g/mol. The first-order chi connectivity index (χ1) is 14.2. The zero-order valence-corrected chi connectivity index (χ0v) is 15.8. The molecule has 0 saturated heterocycles. The van der Waals surface area contributed by atoms with Crippen molar-refractivity contribution in [3.63, 3.8) is 0 Å². The first kappa shape index (κ1) is 19.9. The van der Waals surface area contributed by atoms with Gasteiger partial charge in [-0.25, -0.2) is 9.59 Å². The fourth-order valence-corrected chi connectivity index (χ4v) is 3.45. The number of alkyl halides is 3. The smallest absolute Gasteiger partial charge is 0.456 e. The second-order valence-corrected chi connectivity index (χ2v) is 6.57. The first-order valence-electron chi connectivity index (χ1n) is 8.96. The minimum atomic E-state index is -4.19. The monoisotopic (exact) mass is 427 g/mol. The Morgan fingerprint density at radius 1 is 1.37 bits per heavy atom. The number of ether oxygens (including phenoxy) is 5. The van der Waals surface area contributed by atoms with Crippen molar-refractivity contribution in [3.05, 3.63) is 46.5 Å². The molecule has 2 atom stereocenters. The number of hydrogen-bond donors (Lipinski definition) is 1. The average molecular weight is 427 g/mol. The molecule has 0 saturated carbocycles. The van der Waals surface area contributed by atoms with E-state index in [0.717, 1.165) is 0 Å². The number of fused-ring (bicyclic) bond motifs is 1. The summed E-state index contributed by atoms with van der Waals surface area (Å²) < 4.78 is 65.5. The Bertz CT molecular complexity index is 988. The average Bonchev–Trinajstić information content (AvgIpc) is 3.03. The van der Waals surface area contributed by atoms with Gasteiger partial charge in [-0.15, -0.1) is 0 Å². The molecule has 1 N–H and O–H groups in total. The minimum absolute atomic E-state index is 0.0372. The summed E-state index contributed by atoms with van der Waals surface area (Å²) in [4.78, 5) is 24.4. The number of dihydropyridines is 1. The molecule has 3 heterocycles. The molecule has 0 amide bonds. The predicted molar refractivity (Wildman–Crippen MR) is 92.2 cm³/mol. The Kier molecular flexibility index (Phi) is 4.75. The third-order valence-corrected chi connectivity index (χ3v) is 4.66. The molecule has 8 nitrogen and oxygen atoms in total. The number of rotatable bonds is 3. The van der Waals surface area contributed by atoms with E-state index in [2.05, 4.69) is 10.1 Å². The summed E-state index contributed by atoms with van der Waals surface area (Å²) in [6.07, 6.45) is -8.30. The van der Waals surface area contributed by atoms with Crippen LogP contribution in [0.25, 0.3) is 0 Å². The molecule has 3 aliphatic heterocycles. The predicted octanol–water partition coefficient (Wildman–Crippen LogP) is 3.25. The van der Waals surface area contributed by atoms with Crippen molar-refractivity contribution in [1.82, 2.24) is 5.32 Å². The zero-order valence-electron chi connectivity index (χ0n) is 15.8. The van der Waals surface area contributed by atoms with Gasteiger partial charge in [0.1, 0.15) is 12.4 Å². The van der Waals surface area contributed by atoms with Crippen LogP contribution in [0, 0.1) is 0 Å². The van der Waals surface area contributed by atoms with Gasteiger partial charge >= 0.3 is 24.6 Å². The number of carbonyl (C=O) groups is 2. The van der Waals surface area contributed by atoms with Gasteiger partial charge in [-0.3, -0.25) is 0 Å². The van der Waals surface area contributed by atoms with Crippen molar-refractivity contribution in [2.75, 3.05) is 13.2 Å². The fourth-order valence-electron chi connectivity index (χ4n) is 3.45. The summed E-state index contributed by atoms with van der Waals surface area (Å²) in [5.74, 6) is -2.64. The van der Waals surface area contributed by atoms with Crippen molar-refractivity contribution >= 4 is 12.1 Å². The highest BCUT2D eigenvalue weighted by Gasteiger charge is 2.51. The van der Waals surface area contributed by atoms with Crippen LogP contribution in [0.4, 0.5) is 18.0 Å². The van der Waals surface area contributed by atoms with Crippen LogP contribution in [0.15, 0.2) is 40.9 Å². The Labute approximate surface area is 168 Å². The number of halogens is 3. The molecule has 3 aliphatic rings. The second-order valence-electron chi connectivity index (χ2n) is 6.57. The molecule has 11 heteroatoms. The van der Waals surface area contributed by atoms with Gasteiger partial charge in [-0.1, -0.05) is 12.1 Å². The van der Waals surface area contributed by atoms with E-state index in [-0.39, 0.29) is 35.9 Å². The Hall–Kier alpha value is -3.37. The molecule has 0 spiro atoms. The second kappa shape index (κ2) is 7.15. The highest BCUT2D eigenvalue weighted by Crippen LogP contribution is 2.50. The molecule has 4 rings (SSSR count). The third kappa shape index (κ3) is 3.19. The number of hydrogen-bond acceptors (Lipinski definition) is 8. The summed E-state index contributed by atoms with van der Waals surface area (Å²) in [7, 11) is 0. The van der Waals surface area contributed by atoms with Crippen LogP contribution in [-0.2, 0) is 19.0 Å². The van der Waals surface area contributed by atoms with Crippen molar-refractivity contribution in [1.29, 1.82) is 0 Å². The SMILES string of the molecule is CCOC(=O)OC1=C(C)NC2=C(C(=O)OC2)C1c1cccc2c1OC(F)C(F)(F)O2. The van der Waals surface area contributed by atoms with Crippen LogP contribution in [-0.4, -0.2) is 37.8 Å². The molecule has 0 bridgehead atoms. The van der Waals surface area contributed by atoms with Gasteiger partial charge in [0, 0.05) is 5.56 Å². The highest BCUT2D eigenvalue weighted by molar-refractivity contribution is 5.95. The number of nitrogens with one attached hydrogen (secondary N) is 1. The summed E-state index contributed by atoms with van der Waals surface area (Å²) in [5.41, 5.74) is 0.901. The van der Waals surface area contributed by atoms with Crippen molar-refractivity contribution in [2.45, 2.75) is 32.2 Å². The lowest BCUT2D eigenvalue weighted by atomic mass is 9.85. The van der Waals surface area contributed by atoms with Gasteiger partial charge in [0.05, 0.1) is 29.5 Å². The van der Waals surface area contributed by atoms with Crippen LogP contribution in [0.5, 0.6) is 11.5 Å². The van der Waals surface area contributed by atoms with Crippen LogP contribution >= 0.6 is 0 Å². The molecular formula is C19H16F3NO7. The lowest BCUT2D eigenvalue weighted by Gasteiger charge is -2.33. The van der Waals surface area contributed by atoms with E-state index >= 15 is 0 Å². The lowest BCUT2D eigenvalue weighted by Crippen LogP contribution is -2.43. The number of para-hydroxylation sites is 1. The Balaban J connectivity index is 1.84. The number of benzene rings is 1. The molecule has 160 valence electrons. The summed E-state index contributed by atoms with van der Waals surface area (Å²) >= 11 is 0. The van der Waals surface area contributed by atoms with Crippen LogP contribution in [0.3, 0.4) is 0 Å². The topological polar surface area (TPSA) is 92.3 Å². The molecule has 0 fully saturated rings. The standard InChI is InChI=1S/C19H16F3NO7/c1-3-26-18(25)29-14-8(2)23-10-7-27-16(24)13(10)12(14)9-5-4-6-11-15(9)28-17(20)19(21,22)30-11/h4-6,12,17,23H,3,7H2,1-2H3. The van der Waals surface area contributed by atoms with E-state index in [4.69, 9.17) is 18.9 Å². The van der Waals surface area contributed by atoms with Crippen LogP contribution in [0.1, 0.15) is 25.3 Å².